The Bertz CT molecular complexity index is 915. The van der Waals surface area contributed by atoms with Crippen LogP contribution in [0.1, 0.15) is 33.3 Å². The van der Waals surface area contributed by atoms with Crippen molar-refractivity contribution in [3.63, 3.8) is 0 Å². The van der Waals surface area contributed by atoms with Crippen LogP contribution in [-0.4, -0.2) is 43.7 Å². The lowest BCUT2D eigenvalue weighted by molar-refractivity contribution is 0.00578. The van der Waals surface area contributed by atoms with E-state index in [0.29, 0.717) is 26.1 Å². The fourth-order valence-corrected chi connectivity index (χ4v) is 3.74. The number of hydrogen-bond acceptors (Lipinski definition) is 5. The van der Waals surface area contributed by atoms with Crippen molar-refractivity contribution in [2.45, 2.75) is 38.9 Å². The molecule has 1 fully saturated rings. The lowest BCUT2D eigenvalue weighted by atomic mass is 9.76. The molecule has 0 N–H and O–H groups in total. The van der Waals surface area contributed by atoms with E-state index >= 15 is 0 Å². The summed E-state index contributed by atoms with van der Waals surface area (Å²) in [5, 5.41) is 10.7. The number of benzene rings is 1. The molecular formula is C18H21BFN3O2S. The van der Waals surface area contributed by atoms with E-state index in [4.69, 9.17) is 9.31 Å². The second-order valence-electron chi connectivity index (χ2n) is 7.53. The van der Waals surface area contributed by atoms with Gasteiger partial charge in [-0.25, -0.2) is 9.38 Å². The maximum absolute atomic E-state index is 14.4. The highest BCUT2D eigenvalue weighted by atomic mass is 32.1. The van der Waals surface area contributed by atoms with Gasteiger partial charge in [0.15, 0.2) is 0 Å². The van der Waals surface area contributed by atoms with E-state index in [1.807, 2.05) is 41.8 Å². The largest absolute Gasteiger partial charge is 0.495 e. The molecule has 1 saturated heterocycles. The van der Waals surface area contributed by atoms with Gasteiger partial charge in [0.1, 0.15) is 16.9 Å². The van der Waals surface area contributed by atoms with Gasteiger partial charge in [0, 0.05) is 19.5 Å². The third kappa shape index (κ3) is 3.00. The highest BCUT2D eigenvalue weighted by Gasteiger charge is 2.52. The van der Waals surface area contributed by atoms with Gasteiger partial charge in [-0.05, 0) is 39.2 Å². The topological polar surface area (TPSA) is 57.9 Å². The summed E-state index contributed by atoms with van der Waals surface area (Å²) < 4.78 is 27.0. The van der Waals surface area contributed by atoms with Crippen LogP contribution in [-0.2, 0) is 9.31 Å². The standard InChI is InChI=1S/C18H21BFN3O2S/c1-17(2)18(3,4)25-19(24-17)12-7-8-13(20)15-14(12)11(9-21)16(26-15)22-10-23(5)6/h7-8,10H,1-6H3. The van der Waals surface area contributed by atoms with Gasteiger partial charge in [0.25, 0.3) is 0 Å². The molecule has 2 aromatic rings. The molecule has 0 amide bonds. The number of halogens is 1. The summed E-state index contributed by atoms with van der Waals surface area (Å²) in [6.07, 6.45) is 1.60. The van der Waals surface area contributed by atoms with Gasteiger partial charge < -0.3 is 14.2 Å². The van der Waals surface area contributed by atoms with Crippen LogP contribution in [0, 0.1) is 17.1 Å². The Labute approximate surface area is 157 Å². The number of fused-ring (bicyclic) bond motifs is 1. The van der Waals surface area contributed by atoms with Gasteiger partial charge in [-0.2, -0.15) is 5.26 Å². The monoisotopic (exact) mass is 373 g/mol. The van der Waals surface area contributed by atoms with Crippen LogP contribution in [0.25, 0.3) is 10.1 Å². The second kappa shape index (κ2) is 6.34. The van der Waals surface area contributed by atoms with Gasteiger partial charge in [-0.1, -0.05) is 6.07 Å². The Morgan fingerprint density at radius 3 is 2.38 bits per heavy atom. The minimum atomic E-state index is -0.671. The molecule has 0 bridgehead atoms. The van der Waals surface area contributed by atoms with Crippen molar-refractivity contribution in [2.24, 2.45) is 4.99 Å². The predicted octanol–water partition coefficient (Wildman–Crippen LogP) is 3.43. The minimum absolute atomic E-state index is 0.340. The van der Waals surface area contributed by atoms with Crippen molar-refractivity contribution >= 4 is 45.3 Å². The SMILES string of the molecule is CN(C)C=Nc1sc2c(F)ccc(B3OC(C)(C)C(C)(C)O3)c2c1C#N. The maximum Gasteiger partial charge on any atom is 0.495 e. The first-order valence-corrected chi connectivity index (χ1v) is 9.10. The third-order valence-corrected chi connectivity index (χ3v) is 5.94. The second-order valence-corrected chi connectivity index (χ2v) is 8.53. The predicted molar refractivity (Wildman–Crippen MR) is 104 cm³/mol. The molecule has 136 valence electrons. The zero-order chi connectivity index (χ0) is 19.3. The lowest BCUT2D eigenvalue weighted by Gasteiger charge is -2.32. The summed E-state index contributed by atoms with van der Waals surface area (Å²) in [5.41, 5.74) is -0.0494. The molecule has 1 aliphatic heterocycles. The molecule has 0 aliphatic carbocycles. The van der Waals surface area contributed by atoms with E-state index in [1.54, 1.807) is 17.3 Å². The Kier molecular flexibility index (Phi) is 4.59. The number of rotatable bonds is 3. The fourth-order valence-electron chi connectivity index (χ4n) is 2.71. The first kappa shape index (κ1) is 18.8. The van der Waals surface area contributed by atoms with Crippen LogP contribution in [0.5, 0.6) is 0 Å². The molecule has 0 saturated carbocycles. The minimum Gasteiger partial charge on any atom is -0.399 e. The van der Waals surface area contributed by atoms with Crippen molar-refractivity contribution in [1.82, 2.24) is 4.90 Å². The van der Waals surface area contributed by atoms with E-state index < -0.39 is 18.3 Å². The summed E-state index contributed by atoms with van der Waals surface area (Å²) in [4.78, 5) is 6.09. The third-order valence-electron chi connectivity index (χ3n) is 4.83. The first-order valence-electron chi connectivity index (χ1n) is 8.28. The number of nitriles is 1. The molecule has 0 atom stereocenters. The first-order chi connectivity index (χ1) is 12.1. The van der Waals surface area contributed by atoms with Gasteiger partial charge in [0.05, 0.1) is 27.8 Å². The summed E-state index contributed by atoms with van der Waals surface area (Å²) >= 11 is 1.16. The quantitative estimate of drug-likeness (QED) is 0.470. The average Bonchev–Trinajstić information content (AvgIpc) is 3.00. The van der Waals surface area contributed by atoms with E-state index in [9.17, 15) is 9.65 Å². The Morgan fingerprint density at radius 1 is 1.23 bits per heavy atom. The molecule has 1 aromatic heterocycles. The molecule has 26 heavy (non-hydrogen) atoms. The van der Waals surface area contributed by atoms with Crippen LogP contribution >= 0.6 is 11.3 Å². The van der Waals surface area contributed by atoms with E-state index in [2.05, 4.69) is 11.1 Å². The summed E-state index contributed by atoms with van der Waals surface area (Å²) in [7, 11) is 2.99. The van der Waals surface area contributed by atoms with Crippen LogP contribution < -0.4 is 5.46 Å². The number of thiophene rings is 1. The fraction of sp³-hybridized carbons (Fsp3) is 0.444. The molecule has 1 aliphatic rings. The summed E-state index contributed by atoms with van der Waals surface area (Å²) in [5.74, 6) is -0.381. The molecule has 5 nitrogen and oxygen atoms in total. The van der Waals surface area contributed by atoms with Crippen LogP contribution in [0.2, 0.25) is 0 Å². The number of aliphatic imine (C=N–C) groups is 1. The Hall–Kier alpha value is -1.95. The molecule has 1 aromatic carbocycles. The van der Waals surface area contributed by atoms with E-state index in [1.165, 1.54) is 6.07 Å². The molecular weight excluding hydrogens is 352 g/mol. The van der Waals surface area contributed by atoms with Crippen LogP contribution in [0.3, 0.4) is 0 Å². The van der Waals surface area contributed by atoms with E-state index in [0.717, 1.165) is 11.3 Å². The smallest absolute Gasteiger partial charge is 0.399 e. The summed E-state index contributed by atoms with van der Waals surface area (Å²) in [6, 6.07) is 5.20. The van der Waals surface area contributed by atoms with Gasteiger partial charge in [-0.3, -0.25) is 0 Å². The van der Waals surface area contributed by atoms with Crippen LogP contribution in [0.4, 0.5) is 9.39 Å². The van der Waals surface area contributed by atoms with Gasteiger partial charge in [0.2, 0.25) is 0 Å². The van der Waals surface area contributed by atoms with Gasteiger partial charge >= 0.3 is 7.12 Å². The molecule has 2 heterocycles. The van der Waals surface area contributed by atoms with Crippen molar-refractivity contribution in [1.29, 1.82) is 5.26 Å². The summed E-state index contributed by atoms with van der Waals surface area (Å²) in [6.45, 7) is 7.83. The molecule has 0 spiro atoms. The zero-order valence-corrected chi connectivity index (χ0v) is 16.6. The Balaban J connectivity index is 2.20. The van der Waals surface area contributed by atoms with Crippen molar-refractivity contribution in [3.8, 4) is 6.07 Å². The highest BCUT2D eigenvalue weighted by molar-refractivity contribution is 7.23. The van der Waals surface area contributed by atoms with Crippen molar-refractivity contribution < 1.29 is 13.7 Å². The van der Waals surface area contributed by atoms with Crippen molar-refractivity contribution in [2.75, 3.05) is 14.1 Å². The van der Waals surface area contributed by atoms with Gasteiger partial charge in [-0.15, -0.1) is 11.3 Å². The van der Waals surface area contributed by atoms with E-state index in [-0.39, 0.29) is 5.82 Å². The molecule has 0 unspecified atom stereocenters. The Morgan fingerprint density at radius 2 is 1.85 bits per heavy atom. The molecule has 0 radical (unpaired) electrons. The number of nitrogens with zero attached hydrogens (tertiary/aromatic N) is 3. The molecule has 3 rings (SSSR count). The number of hydrogen-bond donors (Lipinski definition) is 0. The maximum atomic E-state index is 14.4. The van der Waals surface area contributed by atoms with Crippen LogP contribution in [0.15, 0.2) is 17.1 Å². The lowest BCUT2D eigenvalue weighted by Crippen LogP contribution is -2.41. The average molecular weight is 373 g/mol. The zero-order valence-electron chi connectivity index (χ0n) is 15.8. The van der Waals surface area contributed by atoms with Crippen molar-refractivity contribution in [3.05, 3.63) is 23.5 Å². The molecule has 8 heteroatoms. The highest BCUT2D eigenvalue weighted by Crippen LogP contribution is 2.41. The normalized spacial score (nSPS) is 18.6.